The van der Waals surface area contributed by atoms with E-state index in [1.54, 1.807) is 36.3 Å². The molecule has 0 saturated heterocycles. The number of anilines is 1. The van der Waals surface area contributed by atoms with E-state index in [-0.39, 0.29) is 6.04 Å². The van der Waals surface area contributed by atoms with Crippen LogP contribution in [0.25, 0.3) is 11.2 Å². The van der Waals surface area contributed by atoms with Gasteiger partial charge in [0.2, 0.25) is 5.95 Å². The number of aryl methyl sites for hydroxylation is 1. The van der Waals surface area contributed by atoms with E-state index in [0.717, 1.165) is 5.56 Å². The Kier molecular flexibility index (Phi) is 3.98. The molecule has 2 N–H and O–H groups in total. The number of aromatic nitrogens is 5. The average molecular weight is 327 g/mol. The van der Waals surface area contributed by atoms with Crippen molar-refractivity contribution in [3.05, 3.63) is 50.9 Å². The molecule has 0 atom stereocenters. The monoisotopic (exact) mass is 327 g/mol. The van der Waals surface area contributed by atoms with Crippen LogP contribution in [0.15, 0.2) is 39.2 Å². The molecule has 3 aromatic rings. The number of rotatable bonds is 4. The first-order valence-electron chi connectivity index (χ1n) is 7.39. The number of fused-ring (bicyclic) bond motifs is 1. The van der Waals surface area contributed by atoms with Crippen molar-refractivity contribution in [2.75, 3.05) is 5.43 Å². The molecule has 0 radical (unpaired) electrons. The van der Waals surface area contributed by atoms with Crippen molar-refractivity contribution in [3.63, 3.8) is 0 Å². The van der Waals surface area contributed by atoms with Gasteiger partial charge < -0.3 is 4.57 Å². The molecule has 0 fully saturated rings. The van der Waals surface area contributed by atoms with Gasteiger partial charge in [0, 0.05) is 31.0 Å². The first-order valence-corrected chi connectivity index (χ1v) is 7.39. The number of hydrogen-bond donors (Lipinski definition) is 2. The van der Waals surface area contributed by atoms with Gasteiger partial charge in [0.1, 0.15) is 0 Å². The molecule has 0 spiro atoms. The number of nitrogens with one attached hydrogen (secondary N) is 2. The van der Waals surface area contributed by atoms with E-state index in [9.17, 15) is 9.59 Å². The Morgan fingerprint density at radius 3 is 2.83 bits per heavy atom. The maximum Gasteiger partial charge on any atom is 0.329 e. The number of aromatic amines is 1. The van der Waals surface area contributed by atoms with Crippen molar-refractivity contribution >= 4 is 23.3 Å². The van der Waals surface area contributed by atoms with E-state index in [1.807, 2.05) is 19.9 Å². The van der Waals surface area contributed by atoms with Crippen molar-refractivity contribution in [3.8, 4) is 0 Å². The second kappa shape index (κ2) is 6.11. The van der Waals surface area contributed by atoms with E-state index < -0.39 is 11.2 Å². The van der Waals surface area contributed by atoms with Crippen LogP contribution in [0.2, 0.25) is 0 Å². The Hall–Kier alpha value is -3.23. The third kappa shape index (κ3) is 2.71. The van der Waals surface area contributed by atoms with Crippen LogP contribution in [0.4, 0.5) is 5.95 Å². The summed E-state index contributed by atoms with van der Waals surface area (Å²) >= 11 is 0. The van der Waals surface area contributed by atoms with E-state index in [1.165, 1.54) is 4.57 Å². The maximum atomic E-state index is 12.2. The number of hydrazone groups is 1. The number of nitrogens with zero attached hydrogens (tertiary/aromatic N) is 5. The predicted octanol–water partition coefficient (Wildman–Crippen LogP) is 0.845. The fourth-order valence-electron chi connectivity index (χ4n) is 2.40. The summed E-state index contributed by atoms with van der Waals surface area (Å²) < 4.78 is 3.00. The standard InChI is InChI=1S/C15H17N7O2/c1-9(2)22-11-12(21(3)15(24)19-13(11)23)18-14(22)20-17-8-10-5-4-6-16-7-10/h4-9H,1-3H3,(H,18,20)(H,19,23,24)/b17-8+. The molecule has 3 heterocycles. The molecule has 24 heavy (non-hydrogen) atoms. The molecule has 9 heteroatoms. The van der Waals surface area contributed by atoms with Crippen molar-refractivity contribution in [2.24, 2.45) is 12.1 Å². The smallest absolute Gasteiger partial charge is 0.300 e. The first kappa shape index (κ1) is 15.7. The van der Waals surface area contributed by atoms with Crippen molar-refractivity contribution < 1.29 is 0 Å². The van der Waals surface area contributed by atoms with Gasteiger partial charge in [-0.15, -0.1) is 0 Å². The molecule has 124 valence electrons. The van der Waals surface area contributed by atoms with Gasteiger partial charge in [0.05, 0.1) is 6.21 Å². The van der Waals surface area contributed by atoms with Crippen LogP contribution in [0.5, 0.6) is 0 Å². The van der Waals surface area contributed by atoms with Crippen LogP contribution in [0.1, 0.15) is 25.5 Å². The molecule has 0 aliphatic carbocycles. The molecule has 0 saturated carbocycles. The molecule has 0 unspecified atom stereocenters. The van der Waals surface area contributed by atoms with Crippen LogP contribution in [-0.2, 0) is 7.05 Å². The highest BCUT2D eigenvalue weighted by Crippen LogP contribution is 2.20. The lowest BCUT2D eigenvalue weighted by Crippen LogP contribution is -2.29. The molecule has 0 amide bonds. The zero-order chi connectivity index (χ0) is 17.3. The van der Waals surface area contributed by atoms with Crippen LogP contribution in [0.3, 0.4) is 0 Å². The second-order valence-corrected chi connectivity index (χ2v) is 5.55. The van der Waals surface area contributed by atoms with Crippen LogP contribution < -0.4 is 16.7 Å². The van der Waals surface area contributed by atoms with E-state index >= 15 is 0 Å². The van der Waals surface area contributed by atoms with Gasteiger partial charge in [-0.1, -0.05) is 6.07 Å². The lowest BCUT2D eigenvalue weighted by molar-refractivity contribution is 0.620. The van der Waals surface area contributed by atoms with E-state index in [4.69, 9.17) is 0 Å². The maximum absolute atomic E-state index is 12.2. The van der Waals surface area contributed by atoms with Crippen LogP contribution >= 0.6 is 0 Å². The highest BCUT2D eigenvalue weighted by Gasteiger charge is 2.18. The highest BCUT2D eigenvalue weighted by atomic mass is 16.2. The molecule has 3 rings (SSSR count). The third-order valence-corrected chi connectivity index (χ3v) is 3.53. The third-order valence-electron chi connectivity index (χ3n) is 3.53. The van der Waals surface area contributed by atoms with Gasteiger partial charge in [-0.3, -0.25) is 19.3 Å². The summed E-state index contributed by atoms with van der Waals surface area (Å²) in [5.41, 5.74) is 3.30. The topological polar surface area (TPSA) is 110 Å². The number of pyridine rings is 1. The Bertz CT molecular complexity index is 1010. The number of H-pyrrole nitrogens is 1. The lowest BCUT2D eigenvalue weighted by atomic mass is 10.3. The summed E-state index contributed by atoms with van der Waals surface area (Å²) in [6, 6.07) is 3.61. The summed E-state index contributed by atoms with van der Waals surface area (Å²) in [4.78, 5) is 34.6. The molecular weight excluding hydrogens is 310 g/mol. The minimum atomic E-state index is -0.508. The fraction of sp³-hybridized carbons (Fsp3) is 0.267. The molecule has 0 aromatic carbocycles. The van der Waals surface area contributed by atoms with Gasteiger partial charge in [0.25, 0.3) is 5.56 Å². The summed E-state index contributed by atoms with van der Waals surface area (Å²) in [6.07, 6.45) is 4.95. The molecule has 9 nitrogen and oxygen atoms in total. The Morgan fingerprint density at radius 1 is 1.38 bits per heavy atom. The zero-order valence-corrected chi connectivity index (χ0v) is 13.5. The Labute approximate surface area is 136 Å². The summed E-state index contributed by atoms with van der Waals surface area (Å²) in [5.74, 6) is 0.381. The second-order valence-electron chi connectivity index (χ2n) is 5.55. The molecule has 0 aliphatic heterocycles. The number of imidazole rings is 1. The largest absolute Gasteiger partial charge is 0.329 e. The Morgan fingerprint density at radius 2 is 2.17 bits per heavy atom. The van der Waals surface area contributed by atoms with Crippen LogP contribution in [-0.4, -0.2) is 30.3 Å². The summed E-state index contributed by atoms with van der Waals surface area (Å²) in [7, 11) is 1.56. The van der Waals surface area contributed by atoms with Crippen molar-refractivity contribution in [1.29, 1.82) is 0 Å². The minimum Gasteiger partial charge on any atom is -0.300 e. The summed E-state index contributed by atoms with van der Waals surface area (Å²) in [5, 5.41) is 4.13. The zero-order valence-electron chi connectivity index (χ0n) is 13.5. The number of hydrogen-bond acceptors (Lipinski definition) is 6. The van der Waals surface area contributed by atoms with Gasteiger partial charge in [0.15, 0.2) is 11.2 Å². The molecular formula is C15H17N7O2. The molecule has 0 bridgehead atoms. The van der Waals surface area contributed by atoms with Crippen molar-refractivity contribution in [1.82, 2.24) is 24.1 Å². The van der Waals surface area contributed by atoms with Gasteiger partial charge >= 0.3 is 5.69 Å². The van der Waals surface area contributed by atoms with Gasteiger partial charge in [-0.25, -0.2) is 10.2 Å². The normalized spacial score (nSPS) is 11.7. The average Bonchev–Trinajstić information content (AvgIpc) is 2.94. The quantitative estimate of drug-likeness (QED) is 0.545. The first-order chi connectivity index (χ1) is 11.5. The lowest BCUT2D eigenvalue weighted by Gasteiger charge is -2.11. The van der Waals surface area contributed by atoms with E-state index in [0.29, 0.717) is 17.1 Å². The van der Waals surface area contributed by atoms with Gasteiger partial charge in [-0.05, 0) is 19.9 Å². The van der Waals surface area contributed by atoms with Crippen LogP contribution in [0, 0.1) is 0 Å². The van der Waals surface area contributed by atoms with Gasteiger partial charge in [-0.2, -0.15) is 10.1 Å². The minimum absolute atomic E-state index is 0.0512. The highest BCUT2D eigenvalue weighted by molar-refractivity contribution is 5.80. The fourth-order valence-corrected chi connectivity index (χ4v) is 2.40. The molecule has 3 aromatic heterocycles. The predicted molar refractivity (Wildman–Crippen MR) is 91.4 cm³/mol. The SMILES string of the molecule is CC(C)n1c(N/N=C/c2cccnc2)nc2c1c(=O)[nH]c(=O)n2C. The van der Waals surface area contributed by atoms with Crippen molar-refractivity contribution in [2.45, 2.75) is 19.9 Å². The molecule has 0 aliphatic rings. The van der Waals surface area contributed by atoms with E-state index in [2.05, 4.69) is 25.5 Å². The summed E-state index contributed by atoms with van der Waals surface area (Å²) in [6.45, 7) is 3.84. The Balaban J connectivity index is 2.08.